The van der Waals surface area contributed by atoms with Gasteiger partial charge >= 0.3 is 0 Å². The summed E-state index contributed by atoms with van der Waals surface area (Å²) < 4.78 is 18.7. The highest BCUT2D eigenvalue weighted by Gasteiger charge is 2.10. The summed E-state index contributed by atoms with van der Waals surface area (Å²) in [6.07, 6.45) is 0. The highest BCUT2D eigenvalue weighted by molar-refractivity contribution is 7.13. The Hall–Kier alpha value is -3.78. The number of nitrogens with zero attached hydrogens (tertiary/aromatic N) is 1. The van der Waals surface area contributed by atoms with E-state index in [2.05, 4.69) is 15.6 Å². The molecule has 1 heterocycles. The lowest BCUT2D eigenvalue weighted by Gasteiger charge is -2.06. The van der Waals surface area contributed by atoms with E-state index >= 15 is 0 Å². The van der Waals surface area contributed by atoms with Gasteiger partial charge in [-0.05, 0) is 47.2 Å². The Morgan fingerprint density at radius 1 is 1.00 bits per heavy atom. The first-order valence-corrected chi connectivity index (χ1v) is 10.3. The van der Waals surface area contributed by atoms with E-state index in [1.54, 1.807) is 5.38 Å². The van der Waals surface area contributed by atoms with E-state index in [0.717, 1.165) is 16.5 Å². The first-order chi connectivity index (χ1) is 15.1. The van der Waals surface area contributed by atoms with E-state index < -0.39 is 17.6 Å². The minimum atomic E-state index is -0.459. The lowest BCUT2D eigenvalue weighted by Crippen LogP contribution is -2.32. The van der Waals surface area contributed by atoms with Crippen LogP contribution in [0.4, 0.5) is 9.52 Å². The number of amides is 2. The van der Waals surface area contributed by atoms with Crippen molar-refractivity contribution < 1.29 is 18.7 Å². The number of rotatable bonds is 7. The molecule has 0 atom stereocenters. The number of anilines is 1. The number of benzene rings is 3. The zero-order valence-electron chi connectivity index (χ0n) is 16.3. The summed E-state index contributed by atoms with van der Waals surface area (Å²) in [4.78, 5) is 28.4. The molecule has 0 bridgehead atoms. The van der Waals surface area contributed by atoms with Crippen LogP contribution >= 0.6 is 11.3 Å². The second-order valence-corrected chi connectivity index (χ2v) is 7.54. The van der Waals surface area contributed by atoms with Crippen LogP contribution in [0.15, 0.2) is 72.1 Å². The van der Waals surface area contributed by atoms with E-state index in [1.165, 1.54) is 35.6 Å². The predicted molar refractivity (Wildman–Crippen MR) is 118 cm³/mol. The molecule has 0 spiro atoms. The molecule has 2 N–H and O–H groups in total. The third kappa shape index (κ3) is 5.43. The summed E-state index contributed by atoms with van der Waals surface area (Å²) in [5.41, 5.74) is 0.959. The molecule has 6 nitrogen and oxygen atoms in total. The van der Waals surface area contributed by atoms with Crippen LogP contribution in [0.1, 0.15) is 16.1 Å². The fourth-order valence-electron chi connectivity index (χ4n) is 2.87. The number of halogens is 1. The highest BCUT2D eigenvalue weighted by Crippen LogP contribution is 2.22. The van der Waals surface area contributed by atoms with Crippen LogP contribution < -0.4 is 15.4 Å². The number of ether oxygens (including phenoxy) is 1. The van der Waals surface area contributed by atoms with Crippen LogP contribution in [0.2, 0.25) is 0 Å². The summed E-state index contributed by atoms with van der Waals surface area (Å²) in [5, 5.41) is 9.57. The normalized spacial score (nSPS) is 10.6. The van der Waals surface area contributed by atoms with E-state index in [4.69, 9.17) is 4.74 Å². The molecule has 0 saturated heterocycles. The predicted octanol–water partition coefficient (Wildman–Crippen LogP) is 4.38. The topological polar surface area (TPSA) is 80.3 Å². The Kier molecular flexibility index (Phi) is 6.18. The Balaban J connectivity index is 1.26. The molecule has 0 radical (unpaired) electrons. The van der Waals surface area contributed by atoms with Gasteiger partial charge in [-0.3, -0.25) is 9.59 Å². The van der Waals surface area contributed by atoms with Gasteiger partial charge in [0, 0.05) is 10.9 Å². The first-order valence-electron chi connectivity index (χ1n) is 9.46. The molecule has 8 heteroatoms. The van der Waals surface area contributed by atoms with Gasteiger partial charge in [0.25, 0.3) is 5.91 Å². The van der Waals surface area contributed by atoms with Crippen molar-refractivity contribution in [3.8, 4) is 5.75 Å². The monoisotopic (exact) mass is 435 g/mol. The zero-order valence-corrected chi connectivity index (χ0v) is 17.1. The van der Waals surface area contributed by atoms with Crippen molar-refractivity contribution in [2.75, 3.05) is 11.9 Å². The van der Waals surface area contributed by atoms with Crippen molar-refractivity contribution in [3.63, 3.8) is 0 Å². The summed E-state index contributed by atoms with van der Waals surface area (Å²) in [6.45, 7) is 0.0464. The number of hydrogen-bond donors (Lipinski definition) is 2. The lowest BCUT2D eigenvalue weighted by atomic mass is 10.1. The minimum absolute atomic E-state index is 0.223. The van der Waals surface area contributed by atoms with Crippen molar-refractivity contribution in [1.82, 2.24) is 10.3 Å². The molecule has 4 rings (SSSR count). The fourth-order valence-corrected chi connectivity index (χ4v) is 3.58. The number of carbonyl (C=O) groups is 2. The maximum atomic E-state index is 12.9. The fraction of sp³-hybridized carbons (Fsp3) is 0.0870. The summed E-state index contributed by atoms with van der Waals surface area (Å²) in [5.74, 6) is -0.565. The maximum absolute atomic E-state index is 12.9. The van der Waals surface area contributed by atoms with E-state index in [0.29, 0.717) is 10.8 Å². The Bertz CT molecular complexity index is 1220. The molecule has 2 amide bonds. The van der Waals surface area contributed by atoms with Crippen LogP contribution in [-0.4, -0.2) is 23.3 Å². The average Bonchev–Trinajstić information content (AvgIpc) is 3.23. The molecule has 4 aromatic rings. The third-order valence-corrected chi connectivity index (χ3v) is 5.23. The molecule has 31 heavy (non-hydrogen) atoms. The number of carbonyl (C=O) groups excluding carboxylic acids is 2. The van der Waals surface area contributed by atoms with Gasteiger partial charge in [-0.2, -0.15) is 0 Å². The number of fused-ring (bicyclic) bond motifs is 1. The number of aromatic nitrogens is 1. The SMILES string of the molecule is O=C(CNC(=O)c1ccc(F)cc1)Nc1nc(COc2ccc3ccccc3c2)cs1. The van der Waals surface area contributed by atoms with Gasteiger partial charge in [0.05, 0.1) is 12.2 Å². The highest BCUT2D eigenvalue weighted by atomic mass is 32.1. The molecular formula is C23H18FN3O3S. The third-order valence-electron chi connectivity index (χ3n) is 4.42. The maximum Gasteiger partial charge on any atom is 0.251 e. The zero-order chi connectivity index (χ0) is 21.6. The quantitative estimate of drug-likeness (QED) is 0.451. The van der Waals surface area contributed by atoms with Crippen LogP contribution in [0.5, 0.6) is 5.75 Å². The Labute approximate surface area is 181 Å². The number of nitrogens with one attached hydrogen (secondary N) is 2. The average molecular weight is 435 g/mol. The van der Waals surface area contributed by atoms with E-state index in [9.17, 15) is 14.0 Å². The van der Waals surface area contributed by atoms with Gasteiger partial charge in [-0.15, -0.1) is 11.3 Å². The van der Waals surface area contributed by atoms with Gasteiger partial charge in [0.2, 0.25) is 5.91 Å². The minimum Gasteiger partial charge on any atom is -0.487 e. The standard InChI is InChI=1S/C23H18FN3O3S/c24-18-8-5-16(6-9-18)22(29)25-12-21(28)27-23-26-19(14-31-23)13-30-20-10-7-15-3-1-2-4-17(15)11-20/h1-11,14H,12-13H2,(H,25,29)(H,26,27,28). The van der Waals surface area contributed by atoms with Crippen molar-refractivity contribution in [3.05, 3.63) is 89.2 Å². The van der Waals surface area contributed by atoms with Gasteiger partial charge in [-0.25, -0.2) is 9.37 Å². The van der Waals surface area contributed by atoms with Crippen molar-refractivity contribution in [2.45, 2.75) is 6.61 Å². The van der Waals surface area contributed by atoms with Crippen LogP contribution in [0.25, 0.3) is 10.8 Å². The molecule has 0 fully saturated rings. The largest absolute Gasteiger partial charge is 0.487 e. The lowest BCUT2D eigenvalue weighted by molar-refractivity contribution is -0.115. The summed E-state index contributed by atoms with van der Waals surface area (Å²) in [7, 11) is 0. The molecule has 0 aliphatic carbocycles. The van der Waals surface area contributed by atoms with Crippen molar-refractivity contribution in [1.29, 1.82) is 0 Å². The summed E-state index contributed by atoms with van der Waals surface area (Å²) in [6, 6.07) is 19.0. The van der Waals surface area contributed by atoms with Crippen LogP contribution in [-0.2, 0) is 11.4 Å². The van der Waals surface area contributed by atoms with Crippen LogP contribution in [0, 0.1) is 5.82 Å². The molecular weight excluding hydrogens is 417 g/mol. The molecule has 0 aliphatic heterocycles. The van der Waals surface area contributed by atoms with Gasteiger partial charge < -0.3 is 15.4 Å². The molecule has 1 aromatic heterocycles. The Morgan fingerprint density at radius 3 is 2.58 bits per heavy atom. The first kappa shape index (κ1) is 20.5. The van der Waals surface area contributed by atoms with Crippen LogP contribution in [0.3, 0.4) is 0 Å². The molecule has 3 aromatic carbocycles. The van der Waals surface area contributed by atoms with Crippen molar-refractivity contribution >= 4 is 39.1 Å². The van der Waals surface area contributed by atoms with Gasteiger partial charge in [-0.1, -0.05) is 30.3 Å². The van der Waals surface area contributed by atoms with Crippen molar-refractivity contribution in [2.24, 2.45) is 0 Å². The molecule has 0 saturated carbocycles. The second kappa shape index (κ2) is 9.36. The van der Waals surface area contributed by atoms with Gasteiger partial charge in [0.15, 0.2) is 5.13 Å². The van der Waals surface area contributed by atoms with Gasteiger partial charge in [0.1, 0.15) is 18.2 Å². The second-order valence-electron chi connectivity index (χ2n) is 6.68. The smallest absolute Gasteiger partial charge is 0.251 e. The van der Waals surface area contributed by atoms with E-state index in [1.807, 2.05) is 42.5 Å². The molecule has 0 unspecified atom stereocenters. The summed E-state index contributed by atoms with van der Waals surface area (Å²) >= 11 is 1.27. The van der Waals surface area contributed by atoms with E-state index in [-0.39, 0.29) is 18.7 Å². The number of hydrogen-bond acceptors (Lipinski definition) is 5. The molecule has 0 aliphatic rings. The molecule has 156 valence electrons. The Morgan fingerprint density at radius 2 is 1.77 bits per heavy atom. The number of thiazole rings is 1.